The molecule has 0 aliphatic carbocycles. The largest absolute Gasteiger partial charge is 0.411 e. The number of hydrogen-bond acceptors (Lipinski definition) is 3. The molecule has 0 aromatic carbocycles. The van der Waals surface area contributed by atoms with E-state index in [0.29, 0.717) is 5.69 Å². The van der Waals surface area contributed by atoms with Crippen LogP contribution in [0.25, 0.3) is 0 Å². The molecule has 0 aliphatic rings. The number of aryl methyl sites for hydroxylation is 1. The van der Waals surface area contributed by atoms with Crippen molar-refractivity contribution in [3.05, 3.63) is 29.6 Å². The summed E-state index contributed by atoms with van der Waals surface area (Å²) in [6.07, 6.45) is 2.97. The van der Waals surface area contributed by atoms with E-state index < -0.39 is 0 Å². The predicted octanol–water partition coefficient (Wildman–Crippen LogP) is 2.25. The number of oxime groups is 1. The van der Waals surface area contributed by atoms with Gasteiger partial charge in [0.15, 0.2) is 0 Å². The Morgan fingerprint density at radius 3 is 2.75 bits per heavy atom. The minimum Gasteiger partial charge on any atom is -0.411 e. The summed E-state index contributed by atoms with van der Waals surface area (Å²) in [5.74, 6) is 0. The van der Waals surface area contributed by atoms with Crippen molar-refractivity contribution in [3.63, 3.8) is 0 Å². The highest BCUT2D eigenvalue weighted by Crippen LogP contribution is 1.96. The Balaban J connectivity index is 0.000000561. The topological polar surface area (TPSA) is 45.5 Å². The van der Waals surface area contributed by atoms with Crippen LogP contribution in [0.4, 0.5) is 0 Å². The van der Waals surface area contributed by atoms with Gasteiger partial charge in [-0.1, -0.05) is 27.7 Å². The van der Waals surface area contributed by atoms with Crippen molar-refractivity contribution in [1.82, 2.24) is 4.98 Å². The molecule has 4 heteroatoms. The fourth-order valence-corrected chi connectivity index (χ4v) is 0.689. The van der Waals surface area contributed by atoms with Crippen LogP contribution in [0.15, 0.2) is 23.5 Å². The molecule has 0 fully saturated rings. The number of rotatable bonds is 1. The first-order valence-corrected chi connectivity index (χ1v) is 5.46. The number of nitrogens with zero attached hydrogens (tertiary/aromatic N) is 2. The molecule has 0 aliphatic heterocycles. The molecule has 1 N–H and O–H groups in total. The third-order valence-electron chi connectivity index (χ3n) is 1.13. The van der Waals surface area contributed by atoms with Gasteiger partial charge in [-0.15, -0.1) is 0 Å². The lowest BCUT2D eigenvalue weighted by Gasteiger charge is -1.91. The molecule has 0 spiro atoms. The maximum absolute atomic E-state index is 8.14. The van der Waals surface area contributed by atoms with Crippen LogP contribution in [0.2, 0.25) is 0 Å². The molecule has 0 saturated heterocycles. The van der Waals surface area contributed by atoms with Crippen molar-refractivity contribution < 1.29 is 5.21 Å². The second-order valence-electron chi connectivity index (χ2n) is 2.00. The van der Waals surface area contributed by atoms with E-state index >= 15 is 0 Å². The molecular weight excluding hydrogens is 267 g/mol. The van der Waals surface area contributed by atoms with Gasteiger partial charge in [0.05, 0.1) is 11.9 Å². The highest BCUT2D eigenvalue weighted by molar-refractivity contribution is 14.1. The number of hydrogen-bond donors (Lipinski definition) is 1. The van der Waals surface area contributed by atoms with Gasteiger partial charge in [-0.2, -0.15) is 0 Å². The summed E-state index contributed by atoms with van der Waals surface area (Å²) in [6.45, 7) is 1.95. The van der Waals surface area contributed by atoms with Crippen LogP contribution in [0.1, 0.15) is 11.3 Å². The van der Waals surface area contributed by atoms with Gasteiger partial charge >= 0.3 is 0 Å². The fraction of sp³-hybridized carbons (Fsp3) is 0.250. The molecule has 0 amide bonds. The molecule has 3 nitrogen and oxygen atoms in total. The smallest absolute Gasteiger partial charge is 0.0918 e. The lowest BCUT2D eigenvalue weighted by molar-refractivity contribution is 0.321. The lowest BCUT2D eigenvalue weighted by atomic mass is 10.2. The van der Waals surface area contributed by atoms with Gasteiger partial charge in [0.1, 0.15) is 0 Å². The minimum atomic E-state index is 0.669. The normalized spacial score (nSPS) is 9.25. The van der Waals surface area contributed by atoms with Crippen molar-refractivity contribution in [1.29, 1.82) is 0 Å². The van der Waals surface area contributed by atoms with Gasteiger partial charge in [-0.05, 0) is 29.6 Å². The highest BCUT2D eigenvalue weighted by Gasteiger charge is 1.87. The Labute approximate surface area is 85.7 Å². The van der Waals surface area contributed by atoms with Gasteiger partial charge in [0.25, 0.3) is 0 Å². The zero-order valence-corrected chi connectivity index (χ0v) is 9.19. The quantitative estimate of drug-likeness (QED) is 0.281. The molecule has 0 saturated carbocycles. The Morgan fingerprint density at radius 1 is 1.58 bits per heavy atom. The summed E-state index contributed by atoms with van der Waals surface area (Å²) in [6, 6.07) is 3.72. The second-order valence-corrected chi connectivity index (χ2v) is 2.00. The Kier molecular flexibility index (Phi) is 6.64. The number of pyridine rings is 1. The zero-order chi connectivity index (χ0) is 9.40. The highest BCUT2D eigenvalue weighted by atomic mass is 127. The molecule has 0 unspecified atom stereocenters. The molecule has 66 valence electrons. The van der Waals surface area contributed by atoms with Crippen LogP contribution in [0.3, 0.4) is 0 Å². The van der Waals surface area contributed by atoms with Gasteiger partial charge < -0.3 is 5.21 Å². The maximum Gasteiger partial charge on any atom is 0.0918 e. The average Bonchev–Trinajstić information content (AvgIpc) is 2.09. The minimum absolute atomic E-state index is 0.669. The van der Waals surface area contributed by atoms with Crippen LogP contribution in [0.5, 0.6) is 0 Å². The van der Waals surface area contributed by atoms with Crippen molar-refractivity contribution >= 4 is 28.8 Å². The lowest BCUT2D eigenvalue weighted by Crippen LogP contribution is -1.86. The second kappa shape index (κ2) is 7.02. The first-order valence-electron chi connectivity index (χ1n) is 3.31. The van der Waals surface area contributed by atoms with Crippen LogP contribution in [-0.2, 0) is 0 Å². The molecule has 1 heterocycles. The zero-order valence-electron chi connectivity index (χ0n) is 7.03. The molecule has 0 atom stereocenters. The van der Waals surface area contributed by atoms with Crippen LogP contribution in [0, 0.1) is 6.92 Å². The van der Waals surface area contributed by atoms with E-state index in [-0.39, 0.29) is 0 Å². The van der Waals surface area contributed by atoms with Crippen LogP contribution in [-0.4, -0.2) is 21.3 Å². The summed E-state index contributed by atoms with van der Waals surface area (Å²) in [7, 11) is 0. The van der Waals surface area contributed by atoms with Crippen molar-refractivity contribution in [2.75, 3.05) is 4.93 Å². The van der Waals surface area contributed by atoms with Gasteiger partial charge in [-0.3, -0.25) is 4.98 Å². The predicted molar refractivity (Wildman–Crippen MR) is 58.3 cm³/mol. The Bertz CT molecular complexity index is 251. The molecule has 1 aromatic rings. The SMILES string of the molecule is CI.Cc1ccnc(/C=N\O)c1. The summed E-state index contributed by atoms with van der Waals surface area (Å²) in [5, 5.41) is 11.0. The van der Waals surface area contributed by atoms with Gasteiger partial charge in [-0.25, -0.2) is 0 Å². The monoisotopic (exact) mass is 278 g/mol. The number of halogens is 1. The van der Waals surface area contributed by atoms with Crippen LogP contribution >= 0.6 is 22.6 Å². The van der Waals surface area contributed by atoms with Gasteiger partial charge in [0, 0.05) is 6.20 Å². The van der Waals surface area contributed by atoms with E-state index in [1.165, 1.54) is 6.21 Å². The molecule has 0 radical (unpaired) electrons. The third-order valence-corrected chi connectivity index (χ3v) is 1.13. The summed E-state index contributed by atoms with van der Waals surface area (Å²) in [5.41, 5.74) is 1.77. The van der Waals surface area contributed by atoms with E-state index in [0.717, 1.165) is 5.56 Å². The first kappa shape index (κ1) is 11.4. The Hall–Kier alpha value is -0.650. The summed E-state index contributed by atoms with van der Waals surface area (Å²) in [4.78, 5) is 5.89. The molecular formula is C8H11IN2O. The number of alkyl halides is 1. The number of aromatic nitrogens is 1. The van der Waals surface area contributed by atoms with E-state index in [2.05, 4.69) is 32.7 Å². The van der Waals surface area contributed by atoms with Crippen molar-refractivity contribution in [3.8, 4) is 0 Å². The van der Waals surface area contributed by atoms with Crippen molar-refractivity contribution in [2.45, 2.75) is 6.92 Å². The van der Waals surface area contributed by atoms with E-state index in [4.69, 9.17) is 5.21 Å². The molecule has 0 bridgehead atoms. The molecule has 12 heavy (non-hydrogen) atoms. The van der Waals surface area contributed by atoms with E-state index in [9.17, 15) is 0 Å². The maximum atomic E-state index is 8.14. The average molecular weight is 278 g/mol. The van der Waals surface area contributed by atoms with Crippen LogP contribution < -0.4 is 0 Å². The summed E-state index contributed by atoms with van der Waals surface area (Å²) < 4.78 is 0. The Morgan fingerprint density at radius 2 is 2.25 bits per heavy atom. The van der Waals surface area contributed by atoms with Gasteiger partial charge in [0.2, 0.25) is 0 Å². The third kappa shape index (κ3) is 4.27. The summed E-state index contributed by atoms with van der Waals surface area (Å²) >= 11 is 2.15. The van der Waals surface area contributed by atoms with E-state index in [1.54, 1.807) is 6.20 Å². The fourth-order valence-electron chi connectivity index (χ4n) is 0.689. The first-order chi connectivity index (χ1) is 5.83. The standard InChI is InChI=1S/C7H8N2O.CH3I/c1-6-2-3-8-7(4-6)5-9-10;1-2/h2-5,10H,1H3;1H3/b9-5-;. The van der Waals surface area contributed by atoms with E-state index in [1.807, 2.05) is 24.0 Å². The molecule has 1 rings (SSSR count). The van der Waals surface area contributed by atoms with Crippen molar-refractivity contribution in [2.24, 2.45) is 5.16 Å². The molecule has 1 aromatic heterocycles.